The molecule has 0 saturated heterocycles. The van der Waals surface area contributed by atoms with Gasteiger partial charge in [0, 0.05) is 38.2 Å². The summed E-state index contributed by atoms with van der Waals surface area (Å²) in [6.45, 7) is 9.56. The largest absolute Gasteiger partial charge is 0.382 e. The highest BCUT2D eigenvalue weighted by molar-refractivity contribution is 7.80. The Morgan fingerprint density at radius 3 is 2.70 bits per heavy atom. The molecule has 2 rings (SSSR count). The van der Waals surface area contributed by atoms with E-state index in [4.69, 9.17) is 17.0 Å². The van der Waals surface area contributed by atoms with Crippen LogP contribution in [-0.4, -0.2) is 42.9 Å². The van der Waals surface area contributed by atoms with E-state index in [9.17, 15) is 5.26 Å². The zero-order chi connectivity index (χ0) is 19.6. The first-order valence-corrected chi connectivity index (χ1v) is 9.61. The number of fused-ring (bicyclic) bond motifs is 1. The number of hydrogen-bond donors (Lipinski definition) is 3. The second-order valence-electron chi connectivity index (χ2n) is 6.30. The molecule has 6 nitrogen and oxygen atoms in total. The smallest absolute Gasteiger partial charge is 0.166 e. The first-order chi connectivity index (χ1) is 13.0. The summed E-state index contributed by atoms with van der Waals surface area (Å²) in [6.07, 6.45) is 0.916. The molecule has 0 aliphatic carbocycles. The zero-order valence-corrected chi connectivity index (χ0v) is 17.0. The highest BCUT2D eigenvalue weighted by Crippen LogP contribution is 2.24. The second kappa shape index (κ2) is 10.7. The van der Waals surface area contributed by atoms with Gasteiger partial charge >= 0.3 is 0 Å². The molecule has 2 aromatic rings. The summed E-state index contributed by atoms with van der Waals surface area (Å²) in [5, 5.41) is 20.6. The Morgan fingerprint density at radius 1 is 1.19 bits per heavy atom. The van der Waals surface area contributed by atoms with Gasteiger partial charge in [-0.25, -0.2) is 4.98 Å². The van der Waals surface area contributed by atoms with Crippen LogP contribution in [-0.2, 0) is 4.74 Å². The lowest BCUT2D eigenvalue weighted by molar-refractivity contribution is 0.145. The molecule has 1 aromatic carbocycles. The fourth-order valence-electron chi connectivity index (χ4n) is 2.79. The molecule has 144 valence electrons. The Bertz CT molecular complexity index is 831. The van der Waals surface area contributed by atoms with Crippen LogP contribution in [0.5, 0.6) is 0 Å². The number of nitrogens with one attached hydrogen (secondary N) is 3. The molecule has 0 aliphatic heterocycles. The minimum Gasteiger partial charge on any atom is -0.382 e. The van der Waals surface area contributed by atoms with E-state index in [2.05, 4.69) is 33.1 Å². The lowest BCUT2D eigenvalue weighted by Crippen LogP contribution is -2.38. The Morgan fingerprint density at radius 2 is 1.96 bits per heavy atom. The van der Waals surface area contributed by atoms with Crippen molar-refractivity contribution in [2.24, 2.45) is 0 Å². The third-order valence-corrected chi connectivity index (χ3v) is 4.35. The number of pyridine rings is 1. The van der Waals surface area contributed by atoms with Crippen molar-refractivity contribution in [3.8, 4) is 6.07 Å². The zero-order valence-electron chi connectivity index (χ0n) is 16.2. The monoisotopic (exact) mass is 385 g/mol. The van der Waals surface area contributed by atoms with Crippen LogP contribution in [0.2, 0.25) is 0 Å². The number of aryl methyl sites for hydroxylation is 2. The van der Waals surface area contributed by atoms with Crippen molar-refractivity contribution in [1.82, 2.24) is 15.6 Å². The third-order valence-electron chi connectivity index (χ3n) is 4.06. The van der Waals surface area contributed by atoms with Crippen LogP contribution in [0.25, 0.3) is 10.9 Å². The van der Waals surface area contributed by atoms with Crippen LogP contribution in [0, 0.1) is 25.2 Å². The van der Waals surface area contributed by atoms with E-state index in [0.717, 1.165) is 48.2 Å². The number of nitriles is 1. The van der Waals surface area contributed by atoms with Crippen molar-refractivity contribution in [2.75, 3.05) is 38.2 Å². The van der Waals surface area contributed by atoms with Crippen LogP contribution in [0.15, 0.2) is 18.2 Å². The second-order valence-corrected chi connectivity index (χ2v) is 6.71. The van der Waals surface area contributed by atoms with Crippen molar-refractivity contribution in [3.63, 3.8) is 0 Å². The topological polar surface area (TPSA) is 82.0 Å². The maximum atomic E-state index is 9.44. The van der Waals surface area contributed by atoms with Gasteiger partial charge < -0.3 is 20.7 Å². The number of aromatic nitrogens is 1. The number of rotatable bonds is 9. The highest BCUT2D eigenvalue weighted by Gasteiger charge is 2.08. The van der Waals surface area contributed by atoms with Gasteiger partial charge in [0.25, 0.3) is 0 Å². The Hall–Kier alpha value is -2.43. The number of hydrogen-bond acceptors (Lipinski definition) is 5. The maximum absolute atomic E-state index is 9.44. The van der Waals surface area contributed by atoms with Gasteiger partial charge in [0.2, 0.25) is 0 Å². The summed E-state index contributed by atoms with van der Waals surface area (Å²) >= 11 is 5.24. The van der Waals surface area contributed by atoms with E-state index in [1.165, 1.54) is 0 Å². The van der Waals surface area contributed by atoms with E-state index in [-0.39, 0.29) is 0 Å². The van der Waals surface area contributed by atoms with Gasteiger partial charge in [0.1, 0.15) is 11.9 Å². The number of anilines is 1. The molecule has 3 N–H and O–H groups in total. The molecule has 0 fully saturated rings. The van der Waals surface area contributed by atoms with Gasteiger partial charge in [0.05, 0.1) is 11.1 Å². The Balaban J connectivity index is 1.86. The normalized spacial score (nSPS) is 10.4. The predicted octanol–water partition coefficient (Wildman–Crippen LogP) is 3.03. The highest BCUT2D eigenvalue weighted by atomic mass is 32.1. The van der Waals surface area contributed by atoms with Crippen molar-refractivity contribution < 1.29 is 4.74 Å². The lowest BCUT2D eigenvalue weighted by atomic mass is 10.0. The van der Waals surface area contributed by atoms with Gasteiger partial charge in [-0.3, -0.25) is 0 Å². The molecule has 0 radical (unpaired) electrons. The van der Waals surface area contributed by atoms with E-state index in [1.54, 1.807) is 0 Å². The van der Waals surface area contributed by atoms with Crippen molar-refractivity contribution >= 4 is 34.1 Å². The summed E-state index contributed by atoms with van der Waals surface area (Å²) in [5.41, 5.74) is 3.73. The number of benzene rings is 1. The number of ether oxygens (including phenoxy) is 1. The van der Waals surface area contributed by atoms with Crippen LogP contribution < -0.4 is 16.0 Å². The van der Waals surface area contributed by atoms with E-state index < -0.39 is 0 Å². The summed E-state index contributed by atoms with van der Waals surface area (Å²) in [5.74, 6) is 0.604. The number of nitrogens with zero attached hydrogens (tertiary/aromatic N) is 2. The molecule has 0 atom stereocenters. The average molecular weight is 386 g/mol. The maximum Gasteiger partial charge on any atom is 0.166 e. The van der Waals surface area contributed by atoms with Crippen molar-refractivity contribution in [1.29, 1.82) is 5.26 Å². The molecule has 0 bridgehead atoms. The number of thiocarbonyl (C=S) groups is 1. The molecule has 1 heterocycles. The fraction of sp³-hybridized carbons (Fsp3) is 0.450. The Labute approximate surface area is 166 Å². The van der Waals surface area contributed by atoms with Gasteiger partial charge in [0.15, 0.2) is 5.11 Å². The molecule has 7 heteroatoms. The first-order valence-electron chi connectivity index (χ1n) is 9.20. The third kappa shape index (κ3) is 6.35. The molecule has 27 heavy (non-hydrogen) atoms. The van der Waals surface area contributed by atoms with E-state index in [0.29, 0.717) is 29.6 Å². The molecule has 0 amide bonds. The molecule has 0 aliphatic rings. The van der Waals surface area contributed by atoms with E-state index >= 15 is 0 Å². The molecule has 0 saturated carbocycles. The summed E-state index contributed by atoms with van der Waals surface area (Å²) in [4.78, 5) is 4.64. The van der Waals surface area contributed by atoms with Gasteiger partial charge in [-0.2, -0.15) is 5.26 Å². The standard InChI is InChI=1S/C20H27N5OS/c1-4-26-9-5-6-23-20(27)24-8-7-22-19-16(13-21)12-17-15(3)10-14(2)11-18(17)25-19/h10-12H,4-9H2,1-3H3,(H,22,25)(H2,23,24,27). The Kier molecular flexibility index (Phi) is 8.24. The van der Waals surface area contributed by atoms with Crippen LogP contribution in [0.1, 0.15) is 30.0 Å². The van der Waals surface area contributed by atoms with Crippen LogP contribution in [0.4, 0.5) is 5.82 Å². The van der Waals surface area contributed by atoms with Gasteiger partial charge in [-0.05, 0) is 62.7 Å². The molecule has 0 spiro atoms. The summed E-state index contributed by atoms with van der Waals surface area (Å²) in [6, 6.07) is 8.27. The SMILES string of the molecule is CCOCCCNC(=S)NCCNc1nc2cc(C)cc(C)c2cc1C#N. The minimum atomic E-state index is 0.547. The molecule has 0 unspecified atom stereocenters. The molecule has 1 aromatic heterocycles. The van der Waals surface area contributed by atoms with Gasteiger partial charge in [-0.1, -0.05) is 6.07 Å². The average Bonchev–Trinajstić information content (AvgIpc) is 2.64. The molecular weight excluding hydrogens is 358 g/mol. The molecular formula is C20H27N5OS. The van der Waals surface area contributed by atoms with Crippen molar-refractivity contribution in [3.05, 3.63) is 34.9 Å². The first kappa shape index (κ1) is 20.9. The minimum absolute atomic E-state index is 0.547. The van der Waals surface area contributed by atoms with Gasteiger partial charge in [-0.15, -0.1) is 0 Å². The fourth-order valence-corrected chi connectivity index (χ4v) is 2.99. The van der Waals surface area contributed by atoms with Crippen LogP contribution >= 0.6 is 12.2 Å². The summed E-state index contributed by atoms with van der Waals surface area (Å²) < 4.78 is 5.28. The van der Waals surface area contributed by atoms with E-state index in [1.807, 2.05) is 32.9 Å². The van der Waals surface area contributed by atoms with Crippen molar-refractivity contribution in [2.45, 2.75) is 27.2 Å². The summed E-state index contributed by atoms with van der Waals surface area (Å²) in [7, 11) is 0. The lowest BCUT2D eigenvalue weighted by Gasteiger charge is -2.13. The quantitative estimate of drug-likeness (QED) is 0.452. The van der Waals surface area contributed by atoms with Crippen LogP contribution in [0.3, 0.4) is 0 Å². The predicted molar refractivity (Wildman–Crippen MR) is 114 cm³/mol.